The Labute approximate surface area is 181 Å². The quantitative estimate of drug-likeness (QED) is 0.402. The molecule has 1 aromatic carbocycles. The number of aromatic nitrogens is 3. The highest BCUT2D eigenvalue weighted by molar-refractivity contribution is 7.92. The predicted octanol–water partition coefficient (Wildman–Crippen LogP) is 3.89. The van der Waals surface area contributed by atoms with Gasteiger partial charge in [0.15, 0.2) is 5.13 Å². The smallest absolute Gasteiger partial charge is 0.230 e. The molecule has 0 unspecified atom stereocenters. The van der Waals surface area contributed by atoms with E-state index in [0.29, 0.717) is 32.7 Å². The Hall–Kier alpha value is -2.95. The number of carbonyl (C=O) groups excluding carboxylic acids is 1. The first-order valence-electron chi connectivity index (χ1n) is 8.72. The number of rotatable bonds is 6. The number of nitrogens with zero attached hydrogens (tertiary/aromatic N) is 2. The molecule has 3 N–H and O–H groups in total. The van der Waals surface area contributed by atoms with Gasteiger partial charge in [-0.1, -0.05) is 23.7 Å². The monoisotopic (exact) mass is 461 g/mol. The van der Waals surface area contributed by atoms with Crippen molar-refractivity contribution < 1.29 is 13.2 Å². The lowest BCUT2D eigenvalue weighted by Gasteiger charge is -2.06. The second-order valence-electron chi connectivity index (χ2n) is 6.59. The zero-order valence-corrected chi connectivity index (χ0v) is 18.0. The van der Waals surface area contributed by atoms with Crippen LogP contribution < -0.4 is 10.0 Å². The van der Waals surface area contributed by atoms with Gasteiger partial charge in [0.2, 0.25) is 15.9 Å². The summed E-state index contributed by atoms with van der Waals surface area (Å²) in [6, 6.07) is 8.50. The number of hydrogen-bond acceptors (Lipinski definition) is 6. The van der Waals surface area contributed by atoms with Crippen molar-refractivity contribution in [2.75, 3.05) is 16.3 Å². The van der Waals surface area contributed by atoms with Crippen LogP contribution in [0, 0.1) is 0 Å². The van der Waals surface area contributed by atoms with E-state index < -0.39 is 10.0 Å². The van der Waals surface area contributed by atoms with Gasteiger partial charge in [-0.05, 0) is 23.8 Å². The molecule has 0 saturated carbocycles. The van der Waals surface area contributed by atoms with Crippen molar-refractivity contribution in [3.63, 3.8) is 0 Å². The lowest BCUT2D eigenvalue weighted by molar-refractivity contribution is -0.115. The summed E-state index contributed by atoms with van der Waals surface area (Å²) in [6.07, 6.45) is 4.52. The normalized spacial score (nSPS) is 11.5. The molecule has 0 saturated heterocycles. The summed E-state index contributed by atoms with van der Waals surface area (Å²) < 4.78 is 25.1. The number of anilines is 2. The summed E-state index contributed by atoms with van der Waals surface area (Å²) in [7, 11) is -3.38. The van der Waals surface area contributed by atoms with Crippen LogP contribution in [0.3, 0.4) is 0 Å². The van der Waals surface area contributed by atoms with Crippen molar-refractivity contribution in [3.8, 4) is 11.3 Å². The lowest BCUT2D eigenvalue weighted by atomic mass is 10.1. The first-order chi connectivity index (χ1) is 14.3. The van der Waals surface area contributed by atoms with E-state index in [0.717, 1.165) is 17.2 Å². The van der Waals surface area contributed by atoms with Gasteiger partial charge in [-0.3, -0.25) is 9.52 Å². The molecule has 0 fully saturated rings. The van der Waals surface area contributed by atoms with E-state index in [-0.39, 0.29) is 12.3 Å². The van der Waals surface area contributed by atoms with Crippen molar-refractivity contribution in [2.24, 2.45) is 0 Å². The molecule has 3 heterocycles. The molecule has 154 valence electrons. The second-order valence-corrected chi connectivity index (χ2v) is 9.63. The molecule has 0 bridgehead atoms. The van der Waals surface area contributed by atoms with Gasteiger partial charge in [0.25, 0.3) is 0 Å². The summed E-state index contributed by atoms with van der Waals surface area (Å²) in [4.78, 5) is 24.2. The van der Waals surface area contributed by atoms with Crippen LogP contribution in [0.15, 0.2) is 48.1 Å². The van der Waals surface area contributed by atoms with E-state index in [9.17, 15) is 13.2 Å². The van der Waals surface area contributed by atoms with Crippen molar-refractivity contribution in [1.29, 1.82) is 0 Å². The highest BCUT2D eigenvalue weighted by Gasteiger charge is 2.13. The number of halogens is 1. The number of aromatic amines is 1. The third-order valence-electron chi connectivity index (χ3n) is 4.12. The number of pyridine rings is 1. The Bertz CT molecular complexity index is 1350. The maximum absolute atomic E-state index is 12.4. The summed E-state index contributed by atoms with van der Waals surface area (Å²) in [5.41, 5.74) is 3.33. The predicted molar refractivity (Wildman–Crippen MR) is 119 cm³/mol. The Balaban J connectivity index is 1.47. The van der Waals surface area contributed by atoms with Crippen LogP contribution in [-0.4, -0.2) is 35.5 Å². The molecular formula is C19H16ClN5O3S2. The molecule has 0 aliphatic rings. The van der Waals surface area contributed by atoms with Crippen LogP contribution in [0.2, 0.25) is 5.02 Å². The molecule has 0 aliphatic carbocycles. The molecule has 8 nitrogen and oxygen atoms in total. The molecule has 0 aliphatic heterocycles. The van der Waals surface area contributed by atoms with Gasteiger partial charge in [-0.2, -0.15) is 0 Å². The van der Waals surface area contributed by atoms with E-state index in [1.54, 1.807) is 36.7 Å². The molecule has 30 heavy (non-hydrogen) atoms. The van der Waals surface area contributed by atoms with Crippen LogP contribution in [0.4, 0.5) is 10.8 Å². The number of nitrogens with one attached hydrogen (secondary N) is 3. The zero-order chi connectivity index (χ0) is 21.3. The van der Waals surface area contributed by atoms with Crippen LogP contribution >= 0.6 is 22.9 Å². The fraction of sp³-hybridized carbons (Fsp3) is 0.105. The maximum atomic E-state index is 12.4. The Morgan fingerprint density at radius 3 is 2.93 bits per heavy atom. The van der Waals surface area contributed by atoms with E-state index >= 15 is 0 Å². The number of thiazole rings is 1. The number of fused-ring (bicyclic) bond motifs is 1. The zero-order valence-electron chi connectivity index (χ0n) is 15.6. The van der Waals surface area contributed by atoms with Crippen LogP contribution in [-0.2, 0) is 21.2 Å². The Morgan fingerprint density at radius 1 is 1.30 bits per heavy atom. The van der Waals surface area contributed by atoms with Crippen molar-refractivity contribution in [2.45, 2.75) is 6.42 Å². The average Bonchev–Trinajstić information content (AvgIpc) is 3.26. The molecule has 0 radical (unpaired) electrons. The molecular weight excluding hydrogens is 446 g/mol. The molecule has 0 spiro atoms. The topological polar surface area (TPSA) is 117 Å². The summed E-state index contributed by atoms with van der Waals surface area (Å²) >= 11 is 7.35. The molecule has 3 aromatic heterocycles. The highest BCUT2D eigenvalue weighted by atomic mass is 35.5. The van der Waals surface area contributed by atoms with E-state index in [1.165, 1.54) is 11.3 Å². The molecule has 4 aromatic rings. The van der Waals surface area contributed by atoms with Crippen LogP contribution in [0.1, 0.15) is 5.56 Å². The first-order valence-corrected chi connectivity index (χ1v) is 11.9. The number of carbonyl (C=O) groups is 1. The largest absolute Gasteiger partial charge is 0.345 e. The summed E-state index contributed by atoms with van der Waals surface area (Å²) in [6.45, 7) is 0. The van der Waals surface area contributed by atoms with E-state index in [1.807, 2.05) is 11.4 Å². The van der Waals surface area contributed by atoms with Gasteiger partial charge in [-0.25, -0.2) is 18.4 Å². The van der Waals surface area contributed by atoms with Crippen LogP contribution in [0.5, 0.6) is 0 Å². The molecule has 11 heteroatoms. The fourth-order valence-electron chi connectivity index (χ4n) is 2.95. The van der Waals surface area contributed by atoms with E-state index in [4.69, 9.17) is 11.6 Å². The number of hydrogen-bond donors (Lipinski definition) is 3. The van der Waals surface area contributed by atoms with Gasteiger partial charge in [-0.15, -0.1) is 11.3 Å². The Kier molecular flexibility index (Phi) is 5.46. The van der Waals surface area contributed by atoms with Gasteiger partial charge in [0, 0.05) is 34.4 Å². The van der Waals surface area contributed by atoms with Gasteiger partial charge in [0.05, 0.1) is 23.4 Å². The third kappa shape index (κ3) is 4.78. The SMILES string of the molecule is CS(=O)(=O)Nc1cccc(CC(=O)Nc2nc(-c3c[nH]c4ncc(Cl)cc34)cs2)c1. The number of amides is 1. The molecule has 1 amide bonds. The summed E-state index contributed by atoms with van der Waals surface area (Å²) in [5.74, 6) is -0.254. The number of benzene rings is 1. The van der Waals surface area contributed by atoms with Gasteiger partial charge in [0.1, 0.15) is 5.65 Å². The molecule has 0 atom stereocenters. The second kappa shape index (κ2) is 8.05. The van der Waals surface area contributed by atoms with Gasteiger partial charge < -0.3 is 10.3 Å². The average molecular weight is 462 g/mol. The number of sulfonamides is 1. The van der Waals surface area contributed by atoms with Gasteiger partial charge >= 0.3 is 0 Å². The molecule has 4 rings (SSSR count). The first kappa shape index (κ1) is 20.3. The van der Waals surface area contributed by atoms with Crippen molar-refractivity contribution in [3.05, 3.63) is 58.7 Å². The van der Waals surface area contributed by atoms with Crippen LogP contribution in [0.25, 0.3) is 22.3 Å². The Morgan fingerprint density at radius 2 is 2.13 bits per heavy atom. The maximum Gasteiger partial charge on any atom is 0.230 e. The summed E-state index contributed by atoms with van der Waals surface area (Å²) in [5, 5.41) is 6.46. The minimum Gasteiger partial charge on any atom is -0.345 e. The van der Waals surface area contributed by atoms with Crippen molar-refractivity contribution >= 4 is 60.7 Å². The number of H-pyrrole nitrogens is 1. The minimum atomic E-state index is -3.38. The highest BCUT2D eigenvalue weighted by Crippen LogP contribution is 2.31. The standard InChI is InChI=1S/C19H16ClN5O3S2/c1-30(27,28)25-13-4-2-3-11(5-13)6-17(26)24-19-23-16(10-29-19)15-9-22-18-14(15)7-12(20)8-21-18/h2-5,7-10,25H,6H2,1H3,(H,21,22)(H,23,24,26). The fourth-order valence-corrected chi connectivity index (χ4v) is 4.39. The van der Waals surface area contributed by atoms with E-state index in [2.05, 4.69) is 25.0 Å². The minimum absolute atomic E-state index is 0.0841. The van der Waals surface area contributed by atoms with Crippen molar-refractivity contribution in [1.82, 2.24) is 15.0 Å². The third-order valence-corrected chi connectivity index (χ3v) is 5.69. The lowest BCUT2D eigenvalue weighted by Crippen LogP contribution is -2.15.